The molecule has 108 valence electrons. The maximum Gasteiger partial charge on any atom is 0.197 e. The first-order chi connectivity index (χ1) is 10.8. The van der Waals surface area contributed by atoms with E-state index in [0.717, 1.165) is 21.4 Å². The van der Waals surface area contributed by atoms with Crippen molar-refractivity contribution < 1.29 is 4.42 Å². The monoisotopic (exact) mass is 308 g/mol. The predicted octanol–water partition coefficient (Wildman–Crippen LogP) is 4.19. The van der Waals surface area contributed by atoms with E-state index in [2.05, 4.69) is 33.5 Å². The third-order valence-electron chi connectivity index (χ3n) is 3.41. The largest absolute Gasteiger partial charge is 0.450 e. The van der Waals surface area contributed by atoms with Crippen molar-refractivity contribution >= 4 is 45.4 Å². The molecule has 1 aromatic carbocycles. The molecule has 6 heteroatoms. The number of para-hydroxylation sites is 1. The molecule has 0 radical (unpaired) electrons. The first-order valence-corrected chi connectivity index (χ1v) is 7.66. The molecule has 0 fully saturated rings. The summed E-state index contributed by atoms with van der Waals surface area (Å²) in [5.74, 6) is 0.562. The van der Waals surface area contributed by atoms with E-state index in [9.17, 15) is 0 Å². The van der Waals surface area contributed by atoms with Crippen LogP contribution in [0.2, 0.25) is 0 Å². The van der Waals surface area contributed by atoms with Gasteiger partial charge in [-0.3, -0.25) is 5.43 Å². The molecular formula is C16H12N4OS. The molecule has 3 heterocycles. The maximum atomic E-state index is 5.84. The van der Waals surface area contributed by atoms with Crippen LogP contribution in [-0.2, 0) is 0 Å². The van der Waals surface area contributed by atoms with Gasteiger partial charge in [-0.15, -0.1) is 11.3 Å². The molecule has 0 bridgehead atoms. The quantitative estimate of drug-likeness (QED) is 0.455. The highest BCUT2D eigenvalue weighted by Crippen LogP contribution is 2.30. The molecule has 0 saturated carbocycles. The summed E-state index contributed by atoms with van der Waals surface area (Å²) in [5, 5.41) is 7.26. The van der Waals surface area contributed by atoms with Crippen LogP contribution < -0.4 is 5.43 Å². The summed E-state index contributed by atoms with van der Waals surface area (Å²) in [6.45, 7) is 2.06. The van der Waals surface area contributed by atoms with Crippen LogP contribution in [0.3, 0.4) is 0 Å². The Morgan fingerprint density at radius 2 is 2.14 bits per heavy atom. The Balaban J connectivity index is 1.73. The molecule has 0 amide bonds. The maximum absolute atomic E-state index is 5.84. The number of hydrogen-bond donors (Lipinski definition) is 1. The van der Waals surface area contributed by atoms with Gasteiger partial charge in [0.15, 0.2) is 11.4 Å². The smallest absolute Gasteiger partial charge is 0.197 e. The van der Waals surface area contributed by atoms with Gasteiger partial charge in [-0.2, -0.15) is 5.10 Å². The van der Waals surface area contributed by atoms with Gasteiger partial charge < -0.3 is 4.42 Å². The van der Waals surface area contributed by atoms with E-state index in [1.807, 2.05) is 29.6 Å². The van der Waals surface area contributed by atoms with Crippen molar-refractivity contribution in [3.8, 4) is 0 Å². The van der Waals surface area contributed by atoms with Crippen LogP contribution in [0.5, 0.6) is 0 Å². The number of rotatable bonds is 3. The average molecular weight is 308 g/mol. The molecule has 4 aromatic rings. The number of aryl methyl sites for hydroxylation is 1. The Bertz CT molecular complexity index is 986. The highest BCUT2D eigenvalue weighted by atomic mass is 32.1. The van der Waals surface area contributed by atoms with E-state index < -0.39 is 0 Å². The van der Waals surface area contributed by atoms with Crippen LogP contribution >= 0.6 is 11.3 Å². The molecule has 0 aliphatic heterocycles. The van der Waals surface area contributed by atoms with E-state index in [-0.39, 0.29) is 0 Å². The third-order valence-corrected chi connectivity index (χ3v) is 4.37. The third kappa shape index (κ3) is 2.14. The molecule has 4 rings (SSSR count). The van der Waals surface area contributed by atoms with Crippen molar-refractivity contribution in [2.45, 2.75) is 6.92 Å². The van der Waals surface area contributed by atoms with Crippen molar-refractivity contribution in [3.63, 3.8) is 0 Å². The topological polar surface area (TPSA) is 63.3 Å². The zero-order valence-corrected chi connectivity index (χ0v) is 12.6. The van der Waals surface area contributed by atoms with Crippen molar-refractivity contribution in [1.29, 1.82) is 0 Å². The molecule has 0 spiro atoms. The number of nitrogens with one attached hydrogen (secondary N) is 1. The molecular weight excluding hydrogens is 296 g/mol. The van der Waals surface area contributed by atoms with Gasteiger partial charge in [-0.1, -0.05) is 12.1 Å². The second kappa shape index (κ2) is 5.23. The van der Waals surface area contributed by atoms with Crippen molar-refractivity contribution in [3.05, 3.63) is 52.5 Å². The van der Waals surface area contributed by atoms with Crippen LogP contribution in [0.1, 0.15) is 10.4 Å². The lowest BCUT2D eigenvalue weighted by Gasteiger charge is -1.98. The molecule has 0 saturated heterocycles. The minimum atomic E-state index is 0.562. The van der Waals surface area contributed by atoms with Crippen molar-refractivity contribution in [2.75, 3.05) is 5.43 Å². The Kier molecular flexibility index (Phi) is 3.08. The van der Waals surface area contributed by atoms with E-state index in [1.54, 1.807) is 17.6 Å². The highest BCUT2D eigenvalue weighted by molar-refractivity contribution is 7.11. The number of hydrazone groups is 1. The Morgan fingerprint density at radius 1 is 1.23 bits per heavy atom. The Morgan fingerprint density at radius 3 is 3.00 bits per heavy atom. The summed E-state index contributed by atoms with van der Waals surface area (Å²) >= 11 is 1.65. The van der Waals surface area contributed by atoms with Gasteiger partial charge in [0.1, 0.15) is 17.4 Å². The molecule has 3 aromatic heterocycles. The van der Waals surface area contributed by atoms with Gasteiger partial charge >= 0.3 is 0 Å². The molecule has 0 unspecified atom stereocenters. The minimum absolute atomic E-state index is 0.562. The van der Waals surface area contributed by atoms with E-state index in [4.69, 9.17) is 4.42 Å². The number of furan rings is 1. The number of nitrogens with zero attached hydrogens (tertiary/aromatic N) is 3. The number of aromatic nitrogens is 2. The normalized spacial score (nSPS) is 11.7. The number of benzene rings is 1. The second-order valence-electron chi connectivity index (χ2n) is 4.84. The first kappa shape index (κ1) is 13.0. The molecule has 0 aliphatic rings. The van der Waals surface area contributed by atoms with Crippen molar-refractivity contribution in [1.82, 2.24) is 9.97 Å². The number of fused-ring (bicyclic) bond motifs is 3. The zero-order chi connectivity index (χ0) is 14.9. The predicted molar refractivity (Wildman–Crippen MR) is 89.6 cm³/mol. The average Bonchev–Trinajstić information content (AvgIpc) is 3.12. The number of anilines is 1. The van der Waals surface area contributed by atoms with E-state index in [0.29, 0.717) is 11.4 Å². The standard InChI is InChI=1S/C16H12N4OS/c1-10-6-7-22-13(10)8-19-20-16-15-14(17-9-18-16)11-4-2-3-5-12(11)21-15/h2-9H,1H3,(H,17,18,20)/b19-8-. The van der Waals surface area contributed by atoms with E-state index >= 15 is 0 Å². The van der Waals surface area contributed by atoms with Gasteiger partial charge in [0.25, 0.3) is 0 Å². The van der Waals surface area contributed by atoms with Crippen LogP contribution in [0.4, 0.5) is 5.82 Å². The molecule has 1 N–H and O–H groups in total. The molecule has 22 heavy (non-hydrogen) atoms. The summed E-state index contributed by atoms with van der Waals surface area (Å²) in [6, 6.07) is 9.86. The molecule has 5 nitrogen and oxygen atoms in total. The fraction of sp³-hybridized carbons (Fsp3) is 0.0625. The highest BCUT2D eigenvalue weighted by Gasteiger charge is 2.12. The minimum Gasteiger partial charge on any atom is -0.450 e. The lowest BCUT2D eigenvalue weighted by molar-refractivity contribution is 0.667. The summed E-state index contributed by atoms with van der Waals surface area (Å²) in [6.07, 6.45) is 3.30. The fourth-order valence-corrected chi connectivity index (χ4v) is 3.06. The Labute approximate surface area is 130 Å². The van der Waals surface area contributed by atoms with Gasteiger partial charge in [0.05, 0.1) is 6.21 Å². The van der Waals surface area contributed by atoms with Gasteiger partial charge in [-0.05, 0) is 36.1 Å². The second-order valence-corrected chi connectivity index (χ2v) is 5.78. The first-order valence-electron chi connectivity index (χ1n) is 6.78. The van der Waals surface area contributed by atoms with Gasteiger partial charge in [-0.25, -0.2) is 9.97 Å². The summed E-state index contributed by atoms with van der Waals surface area (Å²) in [5.41, 5.74) is 6.34. The van der Waals surface area contributed by atoms with Crippen LogP contribution in [0.25, 0.3) is 22.1 Å². The van der Waals surface area contributed by atoms with Crippen molar-refractivity contribution in [2.24, 2.45) is 5.10 Å². The van der Waals surface area contributed by atoms with E-state index in [1.165, 1.54) is 11.9 Å². The summed E-state index contributed by atoms with van der Waals surface area (Å²) in [4.78, 5) is 9.64. The van der Waals surface area contributed by atoms with Crippen LogP contribution in [0, 0.1) is 6.92 Å². The number of thiophene rings is 1. The van der Waals surface area contributed by atoms with Gasteiger partial charge in [0.2, 0.25) is 0 Å². The number of hydrogen-bond acceptors (Lipinski definition) is 6. The lowest BCUT2D eigenvalue weighted by Crippen LogP contribution is -1.94. The lowest BCUT2D eigenvalue weighted by atomic mass is 10.2. The Hall–Kier alpha value is -2.73. The zero-order valence-electron chi connectivity index (χ0n) is 11.8. The SMILES string of the molecule is Cc1ccsc1/C=N\Nc1ncnc2c1oc1ccccc12. The molecule has 0 atom stereocenters. The summed E-state index contributed by atoms with van der Waals surface area (Å²) in [7, 11) is 0. The van der Waals surface area contributed by atoms with Crippen LogP contribution in [0.15, 0.2) is 51.6 Å². The fourth-order valence-electron chi connectivity index (χ4n) is 2.27. The van der Waals surface area contributed by atoms with Crippen LogP contribution in [-0.4, -0.2) is 16.2 Å². The summed E-state index contributed by atoms with van der Waals surface area (Å²) < 4.78 is 5.84. The molecule has 0 aliphatic carbocycles. The van der Waals surface area contributed by atoms with Gasteiger partial charge in [0, 0.05) is 10.3 Å².